The Labute approximate surface area is 118 Å². The average molecular weight is 356 g/mol. The van der Waals surface area contributed by atoms with Gasteiger partial charge in [0.25, 0.3) is 0 Å². The predicted molar refractivity (Wildman–Crippen MR) is 69.5 cm³/mol. The largest absolute Gasteiger partial charge is 0.475 e. The molecule has 0 aliphatic carbocycles. The highest BCUT2D eigenvalue weighted by atomic mass is 79.9. The van der Waals surface area contributed by atoms with Crippen molar-refractivity contribution in [1.82, 2.24) is 4.72 Å². The number of carboxylic acid groups (broad SMARTS) is 1. The van der Waals surface area contributed by atoms with Crippen LogP contribution in [0, 0.1) is 0 Å². The number of sulfonamides is 1. The molecule has 108 valence electrons. The molecule has 3 N–H and O–H groups in total. The van der Waals surface area contributed by atoms with Gasteiger partial charge in [0, 0.05) is 12.6 Å². The number of furan rings is 1. The van der Waals surface area contributed by atoms with Gasteiger partial charge in [-0.1, -0.05) is 0 Å². The molecule has 1 rings (SSSR count). The molecule has 0 spiro atoms. The van der Waals surface area contributed by atoms with Gasteiger partial charge in [-0.3, -0.25) is 0 Å². The van der Waals surface area contributed by atoms with Gasteiger partial charge in [-0.25, -0.2) is 17.9 Å². The van der Waals surface area contributed by atoms with E-state index in [4.69, 9.17) is 14.6 Å². The van der Waals surface area contributed by atoms with E-state index in [9.17, 15) is 13.2 Å². The number of aliphatic hydroxyl groups is 1. The van der Waals surface area contributed by atoms with Gasteiger partial charge in [-0.2, -0.15) is 0 Å². The maximum atomic E-state index is 11.9. The molecule has 0 saturated heterocycles. The Kier molecular flexibility index (Phi) is 5.53. The topological polar surface area (TPSA) is 117 Å². The molecule has 1 aromatic heterocycles. The maximum absolute atomic E-state index is 11.9. The zero-order valence-electron chi connectivity index (χ0n) is 10.1. The minimum absolute atomic E-state index is 0.146. The van der Waals surface area contributed by atoms with Crippen molar-refractivity contribution in [2.45, 2.75) is 30.8 Å². The van der Waals surface area contributed by atoms with Gasteiger partial charge in [-0.05, 0) is 35.7 Å². The van der Waals surface area contributed by atoms with Crippen molar-refractivity contribution in [3.63, 3.8) is 0 Å². The number of aliphatic hydroxyl groups excluding tert-OH is 1. The van der Waals surface area contributed by atoms with Crippen molar-refractivity contribution in [2.75, 3.05) is 6.54 Å². The molecule has 9 heteroatoms. The number of aromatic carboxylic acids is 1. The fourth-order valence-corrected chi connectivity index (χ4v) is 3.33. The van der Waals surface area contributed by atoms with E-state index in [0.29, 0.717) is 12.8 Å². The normalized spacial score (nSPS) is 13.4. The van der Waals surface area contributed by atoms with Crippen LogP contribution in [0.4, 0.5) is 0 Å². The Morgan fingerprint density at radius 1 is 1.58 bits per heavy atom. The first kappa shape index (κ1) is 16.2. The smallest absolute Gasteiger partial charge is 0.371 e. The molecule has 1 heterocycles. The zero-order chi connectivity index (χ0) is 14.6. The van der Waals surface area contributed by atoms with Crippen LogP contribution < -0.4 is 4.72 Å². The fourth-order valence-electron chi connectivity index (χ4n) is 1.32. The summed E-state index contributed by atoms with van der Waals surface area (Å²) in [6, 6.07) is 0.934. The molecule has 19 heavy (non-hydrogen) atoms. The second-order valence-electron chi connectivity index (χ2n) is 3.94. The van der Waals surface area contributed by atoms with Gasteiger partial charge in [0.05, 0.1) is 6.10 Å². The third-order valence-corrected chi connectivity index (χ3v) is 4.56. The minimum Gasteiger partial charge on any atom is -0.475 e. The first-order chi connectivity index (χ1) is 8.74. The fraction of sp³-hybridized carbons (Fsp3) is 0.500. The molecule has 1 aromatic rings. The van der Waals surface area contributed by atoms with Gasteiger partial charge in [0.15, 0.2) is 4.67 Å². The zero-order valence-corrected chi connectivity index (χ0v) is 12.5. The molecule has 1 unspecified atom stereocenters. The molecular weight excluding hydrogens is 342 g/mol. The standard InChI is InChI=1S/C10H14BrNO6S/c1-6(13)3-2-4-12-19(16,17)8-5-7(10(14)15)18-9(8)11/h5-6,12-13H,2-4H2,1H3,(H,14,15). The molecule has 0 aliphatic heterocycles. The van der Waals surface area contributed by atoms with E-state index in [1.165, 1.54) is 0 Å². The van der Waals surface area contributed by atoms with E-state index in [1.54, 1.807) is 6.92 Å². The molecule has 0 fully saturated rings. The quantitative estimate of drug-likeness (QED) is 0.632. The molecule has 0 amide bonds. The lowest BCUT2D eigenvalue weighted by atomic mass is 10.2. The van der Waals surface area contributed by atoms with E-state index >= 15 is 0 Å². The lowest BCUT2D eigenvalue weighted by Crippen LogP contribution is -2.25. The molecule has 0 bridgehead atoms. The highest BCUT2D eigenvalue weighted by Gasteiger charge is 2.24. The van der Waals surface area contributed by atoms with Crippen LogP contribution in [0.25, 0.3) is 0 Å². The summed E-state index contributed by atoms with van der Waals surface area (Å²) < 4.78 is 30.7. The molecule has 7 nitrogen and oxygen atoms in total. The summed E-state index contributed by atoms with van der Waals surface area (Å²) in [4.78, 5) is 10.4. The van der Waals surface area contributed by atoms with Crippen molar-refractivity contribution >= 4 is 31.9 Å². The first-order valence-corrected chi connectivity index (χ1v) is 7.72. The lowest BCUT2D eigenvalue weighted by molar-refractivity contribution is 0.0661. The second kappa shape index (κ2) is 6.51. The number of halogens is 1. The van der Waals surface area contributed by atoms with Gasteiger partial charge < -0.3 is 14.6 Å². The van der Waals surface area contributed by atoms with E-state index in [-0.39, 0.29) is 16.1 Å². The Hall–Kier alpha value is -0.900. The van der Waals surface area contributed by atoms with Crippen LogP contribution >= 0.6 is 15.9 Å². The van der Waals surface area contributed by atoms with Crippen LogP contribution in [0.2, 0.25) is 0 Å². The third-order valence-electron chi connectivity index (χ3n) is 2.25. The van der Waals surface area contributed by atoms with Crippen LogP contribution in [0.3, 0.4) is 0 Å². The number of nitrogens with one attached hydrogen (secondary N) is 1. The SMILES string of the molecule is CC(O)CCCNS(=O)(=O)c1cc(C(=O)O)oc1Br. The van der Waals surface area contributed by atoms with Gasteiger partial charge in [-0.15, -0.1) is 0 Å². The number of hydrogen-bond donors (Lipinski definition) is 3. The van der Waals surface area contributed by atoms with Gasteiger partial charge >= 0.3 is 5.97 Å². The number of hydrogen-bond acceptors (Lipinski definition) is 5. The summed E-state index contributed by atoms with van der Waals surface area (Å²) in [7, 11) is -3.84. The Balaban J connectivity index is 2.75. The predicted octanol–water partition coefficient (Wildman–Crippen LogP) is 1.18. The van der Waals surface area contributed by atoms with Crippen molar-refractivity contribution in [1.29, 1.82) is 0 Å². The van der Waals surface area contributed by atoms with Crippen LogP contribution in [-0.2, 0) is 10.0 Å². The summed E-state index contributed by atoms with van der Waals surface area (Å²) in [5, 5.41) is 17.7. The number of carboxylic acids is 1. The van der Waals surface area contributed by atoms with E-state index in [2.05, 4.69) is 20.7 Å². The minimum atomic E-state index is -3.84. The summed E-state index contributed by atoms with van der Waals surface area (Å²) >= 11 is 2.86. The Bertz CT molecular complexity index is 550. The summed E-state index contributed by atoms with van der Waals surface area (Å²) in [6.45, 7) is 1.76. The van der Waals surface area contributed by atoms with Crippen molar-refractivity contribution in [3.05, 3.63) is 16.5 Å². The van der Waals surface area contributed by atoms with Crippen LogP contribution in [0.5, 0.6) is 0 Å². The van der Waals surface area contributed by atoms with Crippen molar-refractivity contribution in [3.8, 4) is 0 Å². The number of carbonyl (C=O) groups is 1. The van der Waals surface area contributed by atoms with Crippen molar-refractivity contribution in [2.24, 2.45) is 0 Å². The number of rotatable bonds is 7. The highest BCUT2D eigenvalue weighted by Crippen LogP contribution is 2.25. The summed E-state index contributed by atoms with van der Waals surface area (Å²) in [5.74, 6) is -1.81. The molecular formula is C10H14BrNO6S. The molecule has 0 saturated carbocycles. The summed E-state index contributed by atoms with van der Waals surface area (Å²) in [5.41, 5.74) is 0. The average Bonchev–Trinajstić information content (AvgIpc) is 2.67. The molecule has 1 atom stereocenters. The third kappa shape index (κ3) is 4.60. The Morgan fingerprint density at radius 2 is 2.21 bits per heavy atom. The monoisotopic (exact) mass is 355 g/mol. The second-order valence-corrected chi connectivity index (χ2v) is 6.40. The lowest BCUT2D eigenvalue weighted by Gasteiger charge is -2.06. The van der Waals surface area contributed by atoms with Crippen LogP contribution in [0.1, 0.15) is 30.3 Å². The molecule has 0 aromatic carbocycles. The molecule has 0 aliphatic rings. The van der Waals surface area contributed by atoms with E-state index in [0.717, 1.165) is 6.07 Å². The van der Waals surface area contributed by atoms with Crippen LogP contribution in [-0.4, -0.2) is 37.2 Å². The van der Waals surface area contributed by atoms with E-state index < -0.39 is 27.9 Å². The molecule has 0 radical (unpaired) electrons. The Morgan fingerprint density at radius 3 is 2.68 bits per heavy atom. The van der Waals surface area contributed by atoms with Crippen molar-refractivity contribution < 1.29 is 27.8 Å². The highest BCUT2D eigenvalue weighted by molar-refractivity contribution is 9.10. The van der Waals surface area contributed by atoms with Gasteiger partial charge in [0.1, 0.15) is 4.90 Å². The van der Waals surface area contributed by atoms with Crippen LogP contribution in [0.15, 0.2) is 20.0 Å². The first-order valence-electron chi connectivity index (χ1n) is 5.44. The maximum Gasteiger partial charge on any atom is 0.371 e. The van der Waals surface area contributed by atoms with Gasteiger partial charge in [0.2, 0.25) is 15.8 Å². The van der Waals surface area contributed by atoms with E-state index in [1.807, 2.05) is 0 Å². The summed E-state index contributed by atoms with van der Waals surface area (Å²) in [6.07, 6.45) is 0.442.